The largest absolute Gasteiger partial charge is 0.417 e. The number of hydrogen-bond acceptors (Lipinski definition) is 3. The van der Waals surface area contributed by atoms with Gasteiger partial charge in [0.25, 0.3) is 0 Å². The van der Waals surface area contributed by atoms with Gasteiger partial charge in [-0.3, -0.25) is 0 Å². The molecule has 2 nitrogen and oxygen atoms in total. The Kier molecular flexibility index (Phi) is 4.24. The fraction of sp³-hybridized carbons (Fsp3) is 0.417. The number of rotatable bonds is 2. The van der Waals surface area contributed by atoms with Crippen LogP contribution in [-0.4, -0.2) is 10.8 Å². The molecule has 0 atom stereocenters. The predicted octanol–water partition coefficient (Wildman–Crippen LogP) is 4.56. The standard InChI is InChI=1S/C12H12F3NOS/c1-11(2,3)18-10-5-4-8(16-7-17)6-9(10)12(13,14)15/h4-6H,1-3H3. The lowest BCUT2D eigenvalue weighted by Crippen LogP contribution is -2.11. The van der Waals surface area contributed by atoms with Gasteiger partial charge in [-0.05, 0) is 18.2 Å². The van der Waals surface area contributed by atoms with Crippen LogP contribution in [0.15, 0.2) is 28.1 Å². The number of halogens is 3. The average Bonchev–Trinajstić information content (AvgIpc) is 2.17. The van der Waals surface area contributed by atoms with Crippen molar-refractivity contribution in [3.8, 4) is 0 Å². The van der Waals surface area contributed by atoms with Gasteiger partial charge in [0.05, 0.1) is 11.3 Å². The van der Waals surface area contributed by atoms with Gasteiger partial charge in [-0.1, -0.05) is 20.8 Å². The number of alkyl halides is 3. The summed E-state index contributed by atoms with van der Waals surface area (Å²) in [7, 11) is 0. The number of thioether (sulfide) groups is 1. The Labute approximate surface area is 107 Å². The maximum absolute atomic E-state index is 12.9. The second kappa shape index (κ2) is 5.16. The fourth-order valence-electron chi connectivity index (χ4n) is 1.28. The molecule has 0 unspecified atom stereocenters. The third-order valence-corrected chi connectivity index (χ3v) is 3.05. The first-order valence-corrected chi connectivity index (χ1v) is 5.93. The van der Waals surface area contributed by atoms with Crippen LogP contribution in [-0.2, 0) is 11.0 Å². The van der Waals surface area contributed by atoms with E-state index in [0.717, 1.165) is 17.8 Å². The second-order valence-electron chi connectivity index (χ2n) is 4.60. The van der Waals surface area contributed by atoms with E-state index >= 15 is 0 Å². The topological polar surface area (TPSA) is 29.4 Å². The first-order valence-electron chi connectivity index (χ1n) is 5.11. The number of hydrogen-bond donors (Lipinski definition) is 0. The van der Waals surface area contributed by atoms with Crippen molar-refractivity contribution in [3.63, 3.8) is 0 Å². The van der Waals surface area contributed by atoms with Gasteiger partial charge < -0.3 is 0 Å². The van der Waals surface area contributed by atoms with E-state index < -0.39 is 11.7 Å². The van der Waals surface area contributed by atoms with Gasteiger partial charge in [0.15, 0.2) is 0 Å². The van der Waals surface area contributed by atoms with Crippen molar-refractivity contribution < 1.29 is 18.0 Å². The molecule has 0 aromatic heterocycles. The Balaban J connectivity index is 3.30. The lowest BCUT2D eigenvalue weighted by atomic mass is 10.2. The molecule has 1 aromatic rings. The van der Waals surface area contributed by atoms with E-state index in [1.54, 1.807) is 0 Å². The van der Waals surface area contributed by atoms with Crippen LogP contribution in [0, 0.1) is 0 Å². The zero-order chi connectivity index (χ0) is 14.0. The molecule has 0 aliphatic carbocycles. The minimum atomic E-state index is -4.47. The second-order valence-corrected chi connectivity index (χ2v) is 6.46. The van der Waals surface area contributed by atoms with Gasteiger partial charge in [0.2, 0.25) is 6.08 Å². The maximum atomic E-state index is 12.9. The quantitative estimate of drug-likeness (QED) is 0.449. The smallest absolute Gasteiger partial charge is 0.211 e. The van der Waals surface area contributed by atoms with E-state index in [-0.39, 0.29) is 15.3 Å². The summed E-state index contributed by atoms with van der Waals surface area (Å²) in [6.45, 7) is 5.49. The van der Waals surface area contributed by atoms with E-state index in [1.165, 1.54) is 18.2 Å². The van der Waals surface area contributed by atoms with Crippen LogP contribution in [0.2, 0.25) is 0 Å². The zero-order valence-electron chi connectivity index (χ0n) is 10.1. The molecular weight excluding hydrogens is 263 g/mol. The summed E-state index contributed by atoms with van der Waals surface area (Å²) in [6.07, 6.45) is -3.24. The maximum Gasteiger partial charge on any atom is 0.417 e. The van der Waals surface area contributed by atoms with Crippen LogP contribution in [0.4, 0.5) is 18.9 Å². The molecule has 0 heterocycles. The molecule has 0 N–H and O–H groups in total. The van der Waals surface area contributed by atoms with Crippen molar-refractivity contribution in [2.24, 2.45) is 4.99 Å². The first kappa shape index (κ1) is 14.8. The first-order chi connectivity index (χ1) is 8.13. The normalized spacial score (nSPS) is 12.1. The Morgan fingerprint density at radius 1 is 1.22 bits per heavy atom. The minimum Gasteiger partial charge on any atom is -0.211 e. The third-order valence-electron chi connectivity index (χ3n) is 1.86. The van der Waals surface area contributed by atoms with E-state index in [0.29, 0.717) is 0 Å². The lowest BCUT2D eigenvalue weighted by molar-refractivity contribution is -0.139. The van der Waals surface area contributed by atoms with Crippen molar-refractivity contribution in [2.45, 2.75) is 36.6 Å². The number of aliphatic imine (C=N–C) groups is 1. The van der Waals surface area contributed by atoms with Crippen LogP contribution in [0.25, 0.3) is 0 Å². The minimum absolute atomic E-state index is 0.0458. The van der Waals surface area contributed by atoms with Gasteiger partial charge in [-0.15, -0.1) is 11.8 Å². The monoisotopic (exact) mass is 275 g/mol. The lowest BCUT2D eigenvalue weighted by Gasteiger charge is -2.21. The van der Waals surface area contributed by atoms with Gasteiger partial charge in [0, 0.05) is 9.64 Å². The summed E-state index contributed by atoms with van der Waals surface area (Å²) in [5, 5.41) is 0. The van der Waals surface area contributed by atoms with Crippen LogP contribution >= 0.6 is 11.8 Å². The summed E-state index contributed by atoms with van der Waals surface area (Å²) in [4.78, 5) is 13.4. The van der Waals surface area contributed by atoms with Gasteiger partial charge >= 0.3 is 6.18 Å². The SMILES string of the molecule is CC(C)(C)Sc1ccc(N=C=O)cc1C(F)(F)F. The highest BCUT2D eigenvalue weighted by Crippen LogP contribution is 2.42. The van der Waals surface area contributed by atoms with E-state index in [9.17, 15) is 18.0 Å². The van der Waals surface area contributed by atoms with E-state index in [2.05, 4.69) is 4.99 Å². The van der Waals surface area contributed by atoms with Gasteiger partial charge in [-0.2, -0.15) is 18.2 Å². The van der Waals surface area contributed by atoms with E-state index in [4.69, 9.17) is 0 Å². The number of nitrogens with zero attached hydrogens (tertiary/aromatic N) is 1. The summed E-state index contributed by atoms with van der Waals surface area (Å²) in [6, 6.07) is 3.56. The average molecular weight is 275 g/mol. The van der Waals surface area contributed by atoms with Gasteiger partial charge in [0.1, 0.15) is 0 Å². The Morgan fingerprint density at radius 3 is 2.28 bits per heavy atom. The molecule has 6 heteroatoms. The highest BCUT2D eigenvalue weighted by molar-refractivity contribution is 8.00. The molecule has 0 amide bonds. The molecule has 0 radical (unpaired) electrons. The van der Waals surface area contributed by atoms with Crippen molar-refractivity contribution in [2.75, 3.05) is 0 Å². The molecule has 0 aliphatic rings. The Bertz CT molecular complexity index is 485. The number of isocyanates is 1. The third kappa shape index (κ3) is 4.20. The molecule has 0 aliphatic heterocycles. The summed E-state index contributed by atoms with van der Waals surface area (Å²) in [5.41, 5.74) is -0.825. The molecule has 1 aromatic carbocycles. The van der Waals surface area contributed by atoms with Crippen LogP contribution < -0.4 is 0 Å². The molecule has 18 heavy (non-hydrogen) atoms. The van der Waals surface area contributed by atoms with Crippen LogP contribution in [0.1, 0.15) is 26.3 Å². The van der Waals surface area contributed by atoms with Crippen molar-refractivity contribution in [1.29, 1.82) is 0 Å². The summed E-state index contributed by atoms with van der Waals surface area (Å²) >= 11 is 1.12. The molecule has 98 valence electrons. The fourth-order valence-corrected chi connectivity index (χ4v) is 2.36. The van der Waals surface area contributed by atoms with Crippen LogP contribution in [0.3, 0.4) is 0 Å². The highest BCUT2D eigenvalue weighted by Gasteiger charge is 2.34. The van der Waals surface area contributed by atoms with Gasteiger partial charge in [-0.25, -0.2) is 4.79 Å². The molecule has 1 rings (SSSR count). The molecular formula is C12H12F3NOS. The number of carbonyl (C=O) groups excluding carboxylic acids is 1. The van der Waals surface area contributed by atoms with Crippen molar-refractivity contribution in [1.82, 2.24) is 0 Å². The Morgan fingerprint density at radius 2 is 1.83 bits per heavy atom. The molecule has 0 saturated heterocycles. The molecule has 0 saturated carbocycles. The predicted molar refractivity (Wildman–Crippen MR) is 64.8 cm³/mol. The molecule has 0 spiro atoms. The zero-order valence-corrected chi connectivity index (χ0v) is 10.9. The van der Waals surface area contributed by atoms with Crippen LogP contribution in [0.5, 0.6) is 0 Å². The summed E-state index contributed by atoms with van der Waals surface area (Å²) in [5.74, 6) is 0. The van der Waals surface area contributed by atoms with E-state index in [1.807, 2.05) is 20.8 Å². The molecule has 0 bridgehead atoms. The van der Waals surface area contributed by atoms with Crippen molar-refractivity contribution >= 4 is 23.5 Å². The molecule has 0 fully saturated rings. The summed E-state index contributed by atoms with van der Waals surface area (Å²) < 4.78 is 38.3. The highest BCUT2D eigenvalue weighted by atomic mass is 32.2. The van der Waals surface area contributed by atoms with Crippen molar-refractivity contribution in [3.05, 3.63) is 23.8 Å². The number of benzene rings is 1. The Hall–Kier alpha value is -1.26.